The SMILES string of the molecule is Cn1ncc(N)c1NC1CCC(NC(=O)O)CC1. The standard InChI is InChI=1S/C11H19N5O2/c1-16-10(9(12)6-13-16)14-7-2-4-8(5-3-7)15-11(17)18/h6-8,14-15H,2-5,12H2,1H3,(H,17,18). The molecule has 1 fully saturated rings. The predicted octanol–water partition coefficient (Wildman–Crippen LogP) is 0.993. The number of amides is 1. The van der Waals surface area contributed by atoms with Gasteiger partial charge in [-0.3, -0.25) is 4.68 Å². The number of hydrogen-bond acceptors (Lipinski definition) is 4. The van der Waals surface area contributed by atoms with Crippen molar-refractivity contribution in [1.29, 1.82) is 0 Å². The summed E-state index contributed by atoms with van der Waals surface area (Å²) in [6.45, 7) is 0. The predicted molar refractivity (Wildman–Crippen MR) is 68.4 cm³/mol. The molecule has 0 saturated heterocycles. The smallest absolute Gasteiger partial charge is 0.404 e. The highest BCUT2D eigenvalue weighted by Gasteiger charge is 2.23. The molecule has 0 atom stereocenters. The summed E-state index contributed by atoms with van der Waals surface area (Å²) < 4.78 is 1.72. The molecular formula is C11H19N5O2. The van der Waals surface area contributed by atoms with Crippen molar-refractivity contribution < 1.29 is 9.90 Å². The van der Waals surface area contributed by atoms with Crippen molar-refractivity contribution in [2.75, 3.05) is 11.1 Å². The monoisotopic (exact) mass is 253 g/mol. The number of carbonyl (C=O) groups is 1. The molecule has 1 heterocycles. The van der Waals surface area contributed by atoms with E-state index in [1.807, 2.05) is 7.05 Å². The van der Waals surface area contributed by atoms with Crippen molar-refractivity contribution in [2.24, 2.45) is 7.05 Å². The average Bonchev–Trinajstić information content (AvgIpc) is 2.63. The van der Waals surface area contributed by atoms with Crippen LogP contribution in [0, 0.1) is 0 Å². The van der Waals surface area contributed by atoms with Crippen LogP contribution in [0.1, 0.15) is 25.7 Å². The van der Waals surface area contributed by atoms with Crippen LogP contribution in [0.2, 0.25) is 0 Å². The van der Waals surface area contributed by atoms with E-state index in [4.69, 9.17) is 10.8 Å². The van der Waals surface area contributed by atoms with E-state index in [0.29, 0.717) is 11.7 Å². The first kappa shape index (κ1) is 12.5. The molecule has 18 heavy (non-hydrogen) atoms. The van der Waals surface area contributed by atoms with Gasteiger partial charge in [-0.05, 0) is 25.7 Å². The molecule has 0 aliphatic heterocycles. The van der Waals surface area contributed by atoms with Crippen LogP contribution >= 0.6 is 0 Å². The van der Waals surface area contributed by atoms with Gasteiger partial charge < -0.3 is 21.5 Å². The Hall–Kier alpha value is -1.92. The van der Waals surface area contributed by atoms with Crippen molar-refractivity contribution in [3.8, 4) is 0 Å². The van der Waals surface area contributed by atoms with E-state index in [0.717, 1.165) is 31.5 Å². The third-order valence-electron chi connectivity index (χ3n) is 3.36. The molecule has 0 spiro atoms. The second-order valence-corrected chi connectivity index (χ2v) is 4.71. The van der Waals surface area contributed by atoms with Crippen LogP contribution in [0.3, 0.4) is 0 Å². The Morgan fingerprint density at radius 2 is 2.06 bits per heavy atom. The van der Waals surface area contributed by atoms with E-state index < -0.39 is 6.09 Å². The van der Waals surface area contributed by atoms with Crippen LogP contribution in [0.4, 0.5) is 16.3 Å². The minimum absolute atomic E-state index is 0.0736. The van der Waals surface area contributed by atoms with Crippen LogP contribution in [0.15, 0.2) is 6.20 Å². The molecule has 100 valence electrons. The van der Waals surface area contributed by atoms with Gasteiger partial charge in [-0.25, -0.2) is 4.79 Å². The topological polar surface area (TPSA) is 105 Å². The van der Waals surface area contributed by atoms with Crippen molar-refractivity contribution in [1.82, 2.24) is 15.1 Å². The van der Waals surface area contributed by atoms with Crippen molar-refractivity contribution >= 4 is 17.6 Å². The first-order valence-corrected chi connectivity index (χ1v) is 6.09. The fraction of sp³-hybridized carbons (Fsp3) is 0.636. The summed E-state index contributed by atoms with van der Waals surface area (Å²) in [7, 11) is 1.84. The van der Waals surface area contributed by atoms with Gasteiger partial charge in [0.2, 0.25) is 0 Å². The lowest BCUT2D eigenvalue weighted by molar-refractivity contribution is 0.185. The van der Waals surface area contributed by atoms with Crippen LogP contribution in [-0.4, -0.2) is 33.1 Å². The van der Waals surface area contributed by atoms with Gasteiger partial charge in [-0.15, -0.1) is 0 Å². The second kappa shape index (κ2) is 5.16. The molecule has 0 unspecified atom stereocenters. The molecule has 1 aromatic rings. The van der Waals surface area contributed by atoms with Gasteiger partial charge in [0.05, 0.1) is 11.9 Å². The Balaban J connectivity index is 1.85. The number of anilines is 2. The molecule has 1 aliphatic carbocycles. The Labute approximate surface area is 105 Å². The minimum atomic E-state index is -0.942. The number of carboxylic acid groups (broad SMARTS) is 1. The van der Waals surface area contributed by atoms with Gasteiger partial charge in [-0.1, -0.05) is 0 Å². The zero-order valence-electron chi connectivity index (χ0n) is 10.4. The Morgan fingerprint density at radius 3 is 2.56 bits per heavy atom. The number of nitrogens with one attached hydrogen (secondary N) is 2. The first-order chi connectivity index (χ1) is 8.56. The summed E-state index contributed by atoms with van der Waals surface area (Å²) in [5.41, 5.74) is 6.46. The lowest BCUT2D eigenvalue weighted by Crippen LogP contribution is -2.39. The van der Waals surface area contributed by atoms with Crippen LogP contribution in [0.5, 0.6) is 0 Å². The zero-order valence-corrected chi connectivity index (χ0v) is 10.4. The van der Waals surface area contributed by atoms with E-state index >= 15 is 0 Å². The molecule has 0 aromatic carbocycles. The van der Waals surface area contributed by atoms with Gasteiger partial charge in [0, 0.05) is 19.1 Å². The maximum Gasteiger partial charge on any atom is 0.404 e. The van der Waals surface area contributed by atoms with Crippen LogP contribution in [0.25, 0.3) is 0 Å². The maximum absolute atomic E-state index is 10.5. The van der Waals surface area contributed by atoms with Crippen molar-refractivity contribution in [3.63, 3.8) is 0 Å². The van der Waals surface area contributed by atoms with Gasteiger partial charge >= 0.3 is 6.09 Å². The van der Waals surface area contributed by atoms with Gasteiger partial charge in [-0.2, -0.15) is 5.10 Å². The average molecular weight is 253 g/mol. The van der Waals surface area contributed by atoms with Crippen molar-refractivity contribution in [3.05, 3.63) is 6.20 Å². The largest absolute Gasteiger partial charge is 0.465 e. The summed E-state index contributed by atoms with van der Waals surface area (Å²) in [4.78, 5) is 10.5. The lowest BCUT2D eigenvalue weighted by atomic mass is 9.91. The first-order valence-electron chi connectivity index (χ1n) is 6.09. The van der Waals surface area contributed by atoms with Gasteiger partial charge in [0.15, 0.2) is 0 Å². The highest BCUT2D eigenvalue weighted by Crippen LogP contribution is 2.24. The Bertz CT molecular complexity index is 404. The third kappa shape index (κ3) is 2.85. The molecule has 1 saturated carbocycles. The van der Waals surface area contributed by atoms with E-state index in [1.54, 1.807) is 10.9 Å². The fourth-order valence-corrected chi connectivity index (χ4v) is 2.38. The summed E-state index contributed by atoms with van der Waals surface area (Å²) >= 11 is 0. The van der Waals surface area contributed by atoms with E-state index in [-0.39, 0.29) is 6.04 Å². The molecule has 0 bridgehead atoms. The summed E-state index contributed by atoms with van der Waals surface area (Å²) in [5.74, 6) is 0.838. The molecule has 0 radical (unpaired) electrons. The number of nitrogens with two attached hydrogens (primary N) is 1. The zero-order chi connectivity index (χ0) is 13.1. The molecule has 2 rings (SSSR count). The molecule has 1 aromatic heterocycles. The van der Waals surface area contributed by atoms with Crippen molar-refractivity contribution in [2.45, 2.75) is 37.8 Å². The van der Waals surface area contributed by atoms with E-state index in [1.165, 1.54) is 0 Å². The Kier molecular flexibility index (Phi) is 3.59. The molecule has 7 heteroatoms. The van der Waals surface area contributed by atoms with Crippen LogP contribution < -0.4 is 16.4 Å². The number of aromatic nitrogens is 2. The van der Waals surface area contributed by atoms with Gasteiger partial charge in [0.25, 0.3) is 0 Å². The van der Waals surface area contributed by atoms with Crippen LogP contribution in [-0.2, 0) is 7.05 Å². The quantitative estimate of drug-likeness (QED) is 0.643. The Morgan fingerprint density at radius 1 is 1.44 bits per heavy atom. The molecule has 7 nitrogen and oxygen atoms in total. The molecule has 1 amide bonds. The third-order valence-corrected chi connectivity index (χ3v) is 3.36. The number of aryl methyl sites for hydroxylation is 1. The summed E-state index contributed by atoms with van der Waals surface area (Å²) in [6, 6.07) is 0.402. The molecule has 1 aliphatic rings. The van der Waals surface area contributed by atoms with Gasteiger partial charge in [0.1, 0.15) is 5.82 Å². The minimum Gasteiger partial charge on any atom is -0.465 e. The maximum atomic E-state index is 10.5. The number of nitrogens with zero attached hydrogens (tertiary/aromatic N) is 2. The number of rotatable bonds is 3. The van der Waals surface area contributed by atoms with E-state index in [2.05, 4.69) is 15.7 Å². The highest BCUT2D eigenvalue weighted by atomic mass is 16.4. The normalized spacial score (nSPS) is 23.6. The summed E-state index contributed by atoms with van der Waals surface area (Å²) in [6.07, 6.45) is 4.23. The van der Waals surface area contributed by atoms with E-state index in [9.17, 15) is 4.79 Å². The lowest BCUT2D eigenvalue weighted by Gasteiger charge is -2.29. The highest BCUT2D eigenvalue weighted by molar-refractivity contribution is 5.65. The second-order valence-electron chi connectivity index (χ2n) is 4.71. The summed E-state index contributed by atoms with van der Waals surface area (Å²) in [5, 5.41) is 18.6. The fourth-order valence-electron chi connectivity index (χ4n) is 2.38. The molecule has 5 N–H and O–H groups in total. The number of nitrogen functional groups attached to an aromatic ring is 1. The molecular weight excluding hydrogens is 234 g/mol. The number of hydrogen-bond donors (Lipinski definition) is 4.